The van der Waals surface area contributed by atoms with Crippen LogP contribution in [0.25, 0.3) is 0 Å². The molecule has 1 N–H and O–H groups in total. The van der Waals surface area contributed by atoms with Gasteiger partial charge in [-0.25, -0.2) is 4.98 Å². The third-order valence-corrected chi connectivity index (χ3v) is 3.60. The molecule has 0 aromatic carbocycles. The first-order valence-electron chi connectivity index (χ1n) is 5.97. The highest BCUT2D eigenvalue weighted by Crippen LogP contribution is 2.19. The Morgan fingerprint density at radius 1 is 1.50 bits per heavy atom. The van der Waals surface area contributed by atoms with Crippen molar-refractivity contribution in [2.45, 2.75) is 38.5 Å². The van der Waals surface area contributed by atoms with Gasteiger partial charge in [0.2, 0.25) is 0 Å². The Labute approximate surface area is 103 Å². The first-order valence-corrected chi connectivity index (χ1v) is 7.02. The lowest BCUT2D eigenvalue weighted by atomic mass is 10.3. The minimum atomic E-state index is 0.368. The Bertz CT molecular complexity index is 296. The van der Waals surface area contributed by atoms with E-state index >= 15 is 0 Å². The maximum absolute atomic E-state index is 4.43. The second kappa shape index (κ2) is 6.97. The summed E-state index contributed by atoms with van der Waals surface area (Å²) < 4.78 is 2.11. The Kier molecular flexibility index (Phi) is 5.91. The number of thioether (sulfide) groups is 1. The van der Waals surface area contributed by atoms with Crippen molar-refractivity contribution in [2.24, 2.45) is 7.05 Å². The van der Waals surface area contributed by atoms with Crippen LogP contribution in [0.1, 0.15) is 39.1 Å². The molecule has 1 atom stereocenters. The highest BCUT2D eigenvalue weighted by molar-refractivity contribution is 7.99. The molecule has 0 bridgehead atoms. The number of nitrogens with zero attached hydrogens (tertiary/aromatic N) is 2. The van der Waals surface area contributed by atoms with Gasteiger partial charge in [-0.15, -0.1) is 0 Å². The summed E-state index contributed by atoms with van der Waals surface area (Å²) in [5, 5.41) is 4.24. The summed E-state index contributed by atoms with van der Waals surface area (Å²) in [6, 6.07) is 0.368. The molecule has 1 heterocycles. The summed E-state index contributed by atoms with van der Waals surface area (Å²) in [5.74, 6) is 2.23. The summed E-state index contributed by atoms with van der Waals surface area (Å²) in [5.41, 5.74) is 0. The summed E-state index contributed by atoms with van der Waals surface area (Å²) in [4.78, 5) is 4.43. The average molecular weight is 241 g/mol. The number of imidazole rings is 1. The van der Waals surface area contributed by atoms with E-state index in [-0.39, 0.29) is 0 Å². The Morgan fingerprint density at radius 3 is 2.75 bits per heavy atom. The van der Waals surface area contributed by atoms with E-state index < -0.39 is 0 Å². The lowest BCUT2D eigenvalue weighted by Crippen LogP contribution is -2.27. The third kappa shape index (κ3) is 4.18. The van der Waals surface area contributed by atoms with Crippen molar-refractivity contribution in [1.82, 2.24) is 14.9 Å². The molecule has 0 amide bonds. The molecule has 1 rings (SSSR count). The maximum Gasteiger partial charge on any atom is 0.126 e. The number of hydrogen-bond acceptors (Lipinski definition) is 3. The predicted molar refractivity (Wildman–Crippen MR) is 71.8 cm³/mol. The van der Waals surface area contributed by atoms with E-state index in [0.29, 0.717) is 11.3 Å². The van der Waals surface area contributed by atoms with Crippen LogP contribution in [0.5, 0.6) is 0 Å². The molecule has 3 nitrogen and oxygen atoms in total. The highest BCUT2D eigenvalue weighted by Gasteiger charge is 2.15. The average Bonchev–Trinajstić information content (AvgIpc) is 2.65. The van der Waals surface area contributed by atoms with Crippen molar-refractivity contribution in [3.05, 3.63) is 18.2 Å². The van der Waals surface area contributed by atoms with Crippen LogP contribution in [0.2, 0.25) is 0 Å². The molecule has 16 heavy (non-hydrogen) atoms. The van der Waals surface area contributed by atoms with Crippen molar-refractivity contribution >= 4 is 11.8 Å². The van der Waals surface area contributed by atoms with E-state index in [4.69, 9.17) is 0 Å². The molecule has 0 aliphatic rings. The van der Waals surface area contributed by atoms with Gasteiger partial charge in [0, 0.05) is 25.2 Å². The van der Waals surface area contributed by atoms with Crippen molar-refractivity contribution in [3.63, 3.8) is 0 Å². The van der Waals surface area contributed by atoms with E-state index in [1.165, 1.54) is 0 Å². The normalized spacial score (nSPS) is 13.3. The molecule has 0 saturated heterocycles. The fourth-order valence-corrected chi connectivity index (χ4v) is 2.39. The monoisotopic (exact) mass is 241 g/mol. The molecule has 92 valence electrons. The third-order valence-electron chi connectivity index (χ3n) is 2.41. The van der Waals surface area contributed by atoms with Crippen molar-refractivity contribution < 1.29 is 0 Å². The molecule has 0 radical (unpaired) electrons. The maximum atomic E-state index is 4.43. The fourth-order valence-electron chi connectivity index (χ4n) is 1.54. The second-order valence-corrected chi connectivity index (χ2v) is 5.89. The van der Waals surface area contributed by atoms with Crippen LogP contribution >= 0.6 is 11.8 Å². The lowest BCUT2D eigenvalue weighted by molar-refractivity contribution is 0.535. The van der Waals surface area contributed by atoms with Crippen LogP contribution in [-0.2, 0) is 7.05 Å². The van der Waals surface area contributed by atoms with Crippen molar-refractivity contribution in [1.29, 1.82) is 0 Å². The van der Waals surface area contributed by atoms with Gasteiger partial charge in [-0.2, -0.15) is 11.8 Å². The number of hydrogen-bond donors (Lipinski definition) is 1. The van der Waals surface area contributed by atoms with Crippen molar-refractivity contribution in [2.75, 3.05) is 12.3 Å². The molecule has 0 aliphatic carbocycles. The van der Waals surface area contributed by atoms with Crippen LogP contribution in [0.3, 0.4) is 0 Å². The zero-order chi connectivity index (χ0) is 12.0. The highest BCUT2D eigenvalue weighted by atomic mass is 32.2. The lowest BCUT2D eigenvalue weighted by Gasteiger charge is -2.19. The summed E-state index contributed by atoms with van der Waals surface area (Å²) >= 11 is 1.98. The van der Waals surface area contributed by atoms with Gasteiger partial charge in [0.15, 0.2) is 0 Å². The minimum absolute atomic E-state index is 0.368. The van der Waals surface area contributed by atoms with Crippen LogP contribution in [0.15, 0.2) is 12.4 Å². The predicted octanol–water partition coefficient (Wildman–Crippen LogP) is 2.60. The van der Waals surface area contributed by atoms with Crippen LogP contribution in [0, 0.1) is 0 Å². The molecular formula is C12H23N3S. The Morgan fingerprint density at radius 2 is 2.25 bits per heavy atom. The van der Waals surface area contributed by atoms with Gasteiger partial charge in [0.25, 0.3) is 0 Å². The van der Waals surface area contributed by atoms with Crippen LogP contribution in [-0.4, -0.2) is 27.1 Å². The van der Waals surface area contributed by atoms with Gasteiger partial charge in [0.1, 0.15) is 5.82 Å². The van der Waals surface area contributed by atoms with Gasteiger partial charge < -0.3 is 9.88 Å². The topological polar surface area (TPSA) is 29.9 Å². The molecule has 0 saturated carbocycles. The smallest absolute Gasteiger partial charge is 0.126 e. The number of aryl methyl sites for hydroxylation is 1. The fraction of sp³-hybridized carbons (Fsp3) is 0.750. The number of rotatable bonds is 7. The van der Waals surface area contributed by atoms with Gasteiger partial charge in [-0.1, -0.05) is 20.8 Å². The van der Waals surface area contributed by atoms with Gasteiger partial charge in [0.05, 0.1) is 6.04 Å². The Hall–Kier alpha value is -0.480. The van der Waals surface area contributed by atoms with Gasteiger partial charge >= 0.3 is 0 Å². The Balaban J connectivity index is 2.60. The van der Waals surface area contributed by atoms with E-state index in [2.05, 4.69) is 42.7 Å². The van der Waals surface area contributed by atoms with E-state index in [1.54, 1.807) is 0 Å². The molecule has 4 heteroatoms. The summed E-state index contributed by atoms with van der Waals surface area (Å²) in [7, 11) is 2.06. The second-order valence-electron chi connectivity index (χ2n) is 4.29. The first-order chi connectivity index (χ1) is 7.65. The molecule has 1 unspecified atom stereocenters. The molecule has 0 spiro atoms. The summed E-state index contributed by atoms with van der Waals surface area (Å²) in [6.45, 7) is 7.72. The quantitative estimate of drug-likeness (QED) is 0.796. The molecular weight excluding hydrogens is 218 g/mol. The molecule has 1 aromatic heterocycles. The molecule has 0 fully saturated rings. The van der Waals surface area contributed by atoms with E-state index in [9.17, 15) is 0 Å². The standard InChI is InChI=1S/C12H23N3S/c1-5-6-13-11(9-16-10(2)3)12-14-7-8-15(12)4/h7-8,10-11,13H,5-6,9H2,1-4H3. The summed E-state index contributed by atoms with van der Waals surface area (Å²) in [6.07, 6.45) is 5.04. The molecule has 1 aromatic rings. The zero-order valence-corrected chi connectivity index (χ0v) is 11.5. The van der Waals surface area contributed by atoms with E-state index in [1.807, 2.05) is 24.2 Å². The minimum Gasteiger partial charge on any atom is -0.337 e. The number of aromatic nitrogens is 2. The van der Waals surface area contributed by atoms with Crippen molar-refractivity contribution in [3.8, 4) is 0 Å². The molecule has 0 aliphatic heterocycles. The van der Waals surface area contributed by atoms with Crippen LogP contribution in [0.4, 0.5) is 0 Å². The SMILES string of the molecule is CCCNC(CSC(C)C)c1nccn1C. The van der Waals surface area contributed by atoms with Gasteiger partial charge in [-0.3, -0.25) is 0 Å². The van der Waals surface area contributed by atoms with Crippen LogP contribution < -0.4 is 5.32 Å². The van der Waals surface area contributed by atoms with Gasteiger partial charge in [-0.05, 0) is 18.2 Å². The zero-order valence-electron chi connectivity index (χ0n) is 10.7. The largest absolute Gasteiger partial charge is 0.337 e. The van der Waals surface area contributed by atoms with E-state index in [0.717, 1.165) is 24.5 Å². The first kappa shape index (κ1) is 13.6. The number of nitrogens with one attached hydrogen (secondary N) is 1.